The summed E-state index contributed by atoms with van der Waals surface area (Å²) in [6.45, 7) is 2.32. The summed E-state index contributed by atoms with van der Waals surface area (Å²) in [7, 11) is 5.20. The minimum absolute atomic E-state index is 0.0578. The molecule has 1 fully saturated rings. The molecule has 12 heteroatoms. The predicted octanol–water partition coefficient (Wildman–Crippen LogP) is 4.07. The lowest BCUT2D eigenvalue weighted by molar-refractivity contribution is 0.0694. The average Bonchev–Trinajstić information content (AvgIpc) is 3.58. The maximum absolute atomic E-state index is 15.3. The van der Waals surface area contributed by atoms with E-state index in [1.165, 1.54) is 10.6 Å². The third-order valence-corrected chi connectivity index (χ3v) is 7.49. The van der Waals surface area contributed by atoms with E-state index in [0.29, 0.717) is 51.2 Å². The number of aromatic nitrogens is 4. The van der Waals surface area contributed by atoms with Crippen molar-refractivity contribution in [3.63, 3.8) is 0 Å². The van der Waals surface area contributed by atoms with Crippen molar-refractivity contribution in [3.8, 4) is 11.1 Å². The molecule has 3 N–H and O–H groups in total. The third-order valence-electron chi connectivity index (χ3n) is 7.49. The molecule has 1 aromatic carbocycles. The van der Waals surface area contributed by atoms with Crippen LogP contribution in [0.4, 0.5) is 20.2 Å². The van der Waals surface area contributed by atoms with Gasteiger partial charge in [0.15, 0.2) is 11.6 Å². The molecule has 0 bridgehead atoms. The zero-order valence-electron chi connectivity index (χ0n) is 22.2. The molecule has 206 valence electrons. The highest BCUT2D eigenvalue weighted by molar-refractivity contribution is 6.18. The van der Waals surface area contributed by atoms with Gasteiger partial charge in [0.1, 0.15) is 16.9 Å². The van der Waals surface area contributed by atoms with Crippen molar-refractivity contribution in [2.45, 2.75) is 19.4 Å². The lowest BCUT2D eigenvalue weighted by atomic mass is 10.0. The highest BCUT2D eigenvalue weighted by Gasteiger charge is 2.25. The molecule has 5 heterocycles. The maximum atomic E-state index is 15.3. The minimum Gasteiger partial charge on any atom is -0.477 e. The second-order valence-corrected chi connectivity index (χ2v) is 10.2. The Morgan fingerprint density at radius 1 is 1.15 bits per heavy atom. The van der Waals surface area contributed by atoms with Crippen LogP contribution in [-0.4, -0.2) is 69.6 Å². The second kappa shape index (κ2) is 9.56. The first-order chi connectivity index (χ1) is 19.2. The number of likely N-dealkylation sites (tertiary alicyclic amines) is 1. The number of nitrogens with zero attached hydrogens (tertiary/aromatic N) is 5. The van der Waals surface area contributed by atoms with Gasteiger partial charge in [-0.05, 0) is 32.0 Å². The zero-order chi connectivity index (χ0) is 28.3. The van der Waals surface area contributed by atoms with E-state index in [2.05, 4.69) is 25.2 Å². The number of aromatic carboxylic acids is 1. The molecule has 10 nitrogen and oxygen atoms in total. The summed E-state index contributed by atoms with van der Waals surface area (Å²) < 4.78 is 31.3. The van der Waals surface area contributed by atoms with E-state index in [1.54, 1.807) is 32.2 Å². The Hall–Kier alpha value is -4.58. The standard InChI is InChI=1S/C28H27F2N7O3/c1-31-19-9-18(29)22(30)20-21-24(35(2)3)16(10-32-25(21)34-23(19)20)14-8-15(12-36-6-4-5-7-36)26-33-11-17(28(39)40)27(38)37(26)13-14/h8-11,13,31H,4-7,12H2,1-3H3,(H,32,34)(H,39,40). The number of carboxylic acid groups (broad SMARTS) is 1. The summed E-state index contributed by atoms with van der Waals surface area (Å²) in [6.07, 6.45) is 6.37. The first kappa shape index (κ1) is 25.7. The molecular formula is C28H27F2N7O3. The van der Waals surface area contributed by atoms with Crippen molar-refractivity contribution >= 4 is 44.9 Å². The number of hydrogen-bond acceptors (Lipinski definition) is 7. The molecule has 0 aliphatic carbocycles. The lowest BCUT2D eigenvalue weighted by Crippen LogP contribution is -2.25. The van der Waals surface area contributed by atoms with Crippen molar-refractivity contribution < 1.29 is 18.7 Å². The second-order valence-electron chi connectivity index (χ2n) is 10.2. The van der Waals surface area contributed by atoms with E-state index in [1.807, 2.05) is 6.07 Å². The van der Waals surface area contributed by atoms with Gasteiger partial charge in [-0.1, -0.05) is 0 Å². The molecule has 0 atom stereocenters. The molecule has 40 heavy (non-hydrogen) atoms. The number of carbonyl (C=O) groups is 1. The van der Waals surface area contributed by atoms with Gasteiger partial charge in [-0.2, -0.15) is 0 Å². The maximum Gasteiger partial charge on any atom is 0.342 e. The van der Waals surface area contributed by atoms with Crippen molar-refractivity contribution in [2.24, 2.45) is 0 Å². The SMILES string of the molecule is CNc1cc(F)c(F)c2c1[nH]c1ncc(-c3cc(CN4CCCC4)c4ncc(C(=O)O)c(=O)n4c3)c(N(C)C)c12. The number of fused-ring (bicyclic) bond motifs is 4. The summed E-state index contributed by atoms with van der Waals surface area (Å²) in [6, 6.07) is 3.00. The Balaban J connectivity index is 1.69. The van der Waals surface area contributed by atoms with Crippen LogP contribution in [0.5, 0.6) is 0 Å². The van der Waals surface area contributed by atoms with Gasteiger partial charge in [-0.3, -0.25) is 14.1 Å². The monoisotopic (exact) mass is 547 g/mol. The normalized spacial score (nSPS) is 14.0. The molecule has 0 saturated carbocycles. The fourth-order valence-corrected chi connectivity index (χ4v) is 5.66. The summed E-state index contributed by atoms with van der Waals surface area (Å²) >= 11 is 0. The molecule has 6 rings (SSSR count). The molecule has 4 aromatic heterocycles. The molecule has 0 radical (unpaired) electrons. The van der Waals surface area contributed by atoms with Crippen LogP contribution in [-0.2, 0) is 6.54 Å². The van der Waals surface area contributed by atoms with E-state index < -0.39 is 28.7 Å². The van der Waals surface area contributed by atoms with E-state index >= 15 is 4.39 Å². The number of halogens is 2. The van der Waals surface area contributed by atoms with Gasteiger partial charge >= 0.3 is 5.97 Å². The molecule has 0 spiro atoms. The van der Waals surface area contributed by atoms with E-state index in [4.69, 9.17) is 0 Å². The van der Waals surface area contributed by atoms with Crippen LogP contribution in [0.2, 0.25) is 0 Å². The van der Waals surface area contributed by atoms with Gasteiger partial charge < -0.3 is 20.3 Å². The number of pyridine rings is 2. The number of nitrogens with one attached hydrogen (secondary N) is 2. The summed E-state index contributed by atoms with van der Waals surface area (Å²) in [4.78, 5) is 41.0. The van der Waals surface area contributed by atoms with Gasteiger partial charge in [0.25, 0.3) is 5.56 Å². The lowest BCUT2D eigenvalue weighted by Gasteiger charge is -2.21. The number of anilines is 2. The topological polar surface area (TPSA) is 119 Å². The zero-order valence-corrected chi connectivity index (χ0v) is 22.2. The number of hydrogen-bond donors (Lipinski definition) is 3. The Kier molecular flexibility index (Phi) is 6.14. The van der Waals surface area contributed by atoms with E-state index in [0.717, 1.165) is 43.8 Å². The van der Waals surface area contributed by atoms with Crippen LogP contribution in [0.25, 0.3) is 38.7 Å². The fraction of sp³-hybridized carbons (Fsp3) is 0.286. The molecule has 1 saturated heterocycles. The van der Waals surface area contributed by atoms with Crippen LogP contribution in [0.15, 0.2) is 35.5 Å². The molecule has 1 aliphatic rings. The number of aromatic amines is 1. The van der Waals surface area contributed by atoms with Gasteiger partial charge in [-0.15, -0.1) is 0 Å². The highest BCUT2D eigenvalue weighted by atomic mass is 19.2. The number of rotatable bonds is 6. The Bertz CT molecular complexity index is 1890. The Morgan fingerprint density at radius 2 is 1.90 bits per heavy atom. The third kappa shape index (κ3) is 3.94. The molecule has 0 amide bonds. The number of carboxylic acids is 1. The average molecular weight is 548 g/mol. The van der Waals surface area contributed by atoms with Crippen molar-refractivity contribution in [1.29, 1.82) is 0 Å². The van der Waals surface area contributed by atoms with Crippen LogP contribution in [0.1, 0.15) is 28.8 Å². The number of H-pyrrole nitrogens is 1. The van der Waals surface area contributed by atoms with Gasteiger partial charge in [0, 0.05) is 69.0 Å². The minimum atomic E-state index is -1.37. The fourth-order valence-electron chi connectivity index (χ4n) is 5.66. The largest absolute Gasteiger partial charge is 0.477 e. The van der Waals surface area contributed by atoms with Crippen molar-refractivity contribution in [1.82, 2.24) is 24.3 Å². The molecular weight excluding hydrogens is 520 g/mol. The summed E-state index contributed by atoms with van der Waals surface area (Å²) in [5, 5.41) is 12.9. The van der Waals surface area contributed by atoms with Crippen LogP contribution < -0.4 is 15.8 Å². The molecule has 5 aromatic rings. The quantitative estimate of drug-likeness (QED) is 0.291. The van der Waals surface area contributed by atoms with Gasteiger partial charge in [-0.25, -0.2) is 23.5 Å². The van der Waals surface area contributed by atoms with Crippen molar-refractivity contribution in [3.05, 3.63) is 63.8 Å². The summed E-state index contributed by atoms with van der Waals surface area (Å²) in [5.41, 5.74) is 2.77. The highest BCUT2D eigenvalue weighted by Crippen LogP contribution is 2.42. The predicted molar refractivity (Wildman–Crippen MR) is 149 cm³/mol. The van der Waals surface area contributed by atoms with Crippen LogP contribution in [0, 0.1) is 11.6 Å². The molecule has 1 aliphatic heterocycles. The first-order valence-corrected chi connectivity index (χ1v) is 12.9. The van der Waals surface area contributed by atoms with Crippen LogP contribution in [0.3, 0.4) is 0 Å². The van der Waals surface area contributed by atoms with Crippen LogP contribution >= 0.6 is 0 Å². The first-order valence-electron chi connectivity index (χ1n) is 12.9. The van der Waals surface area contributed by atoms with Gasteiger partial charge in [0.2, 0.25) is 0 Å². The van der Waals surface area contributed by atoms with E-state index in [-0.39, 0.29) is 5.39 Å². The summed E-state index contributed by atoms with van der Waals surface area (Å²) in [5.74, 6) is -3.36. The Labute approximate surface area is 226 Å². The number of benzene rings is 1. The van der Waals surface area contributed by atoms with Crippen molar-refractivity contribution in [2.75, 3.05) is 44.4 Å². The Morgan fingerprint density at radius 3 is 2.58 bits per heavy atom. The molecule has 0 unspecified atom stereocenters. The smallest absolute Gasteiger partial charge is 0.342 e. The van der Waals surface area contributed by atoms with E-state index in [9.17, 15) is 19.1 Å². The van der Waals surface area contributed by atoms with Gasteiger partial charge in [0.05, 0.1) is 27.7 Å².